The second-order valence-electron chi connectivity index (χ2n) is 15.6. The third-order valence-corrected chi connectivity index (χ3v) is 11.6. The Labute approximate surface area is 341 Å². The summed E-state index contributed by atoms with van der Waals surface area (Å²) in [6, 6.07) is 7.01. The highest BCUT2D eigenvalue weighted by molar-refractivity contribution is 7.09. The summed E-state index contributed by atoms with van der Waals surface area (Å²) in [6.07, 6.45) is 3.59. The lowest BCUT2D eigenvalue weighted by atomic mass is 9.92. The smallest absolute Gasteiger partial charge is 0.307 e. The molecule has 1 aromatic heterocycles. The lowest BCUT2D eigenvalue weighted by molar-refractivity contribution is -0.160. The molecule has 0 unspecified atom stereocenters. The number of nitrogens with one attached hydrogen (secondary N) is 2. The molecular formula is C42H63N5O9S. The summed E-state index contributed by atoms with van der Waals surface area (Å²) in [5.41, 5.74) is 1.01. The van der Waals surface area contributed by atoms with Crippen LogP contribution in [0.1, 0.15) is 127 Å². The van der Waals surface area contributed by atoms with Crippen molar-refractivity contribution in [2.75, 3.05) is 20.3 Å². The van der Waals surface area contributed by atoms with Gasteiger partial charge in [-0.1, -0.05) is 84.7 Å². The number of carbonyl (C=O) groups is 6. The van der Waals surface area contributed by atoms with Gasteiger partial charge in [0, 0.05) is 37.2 Å². The summed E-state index contributed by atoms with van der Waals surface area (Å²) in [5.74, 6) is -4.39. The largest absolute Gasteiger partial charge is 0.481 e. The Bertz CT molecular complexity index is 1640. The first-order valence-electron chi connectivity index (χ1n) is 20.2. The number of likely N-dealkylation sites (N-methyl/N-ethyl adjacent to an activating group) is 1. The lowest BCUT2D eigenvalue weighted by Crippen LogP contribution is -2.59. The molecule has 1 aliphatic rings. The van der Waals surface area contributed by atoms with E-state index in [4.69, 9.17) is 9.47 Å². The number of thiazole rings is 1. The Morgan fingerprint density at radius 3 is 2.32 bits per heavy atom. The highest BCUT2D eigenvalue weighted by atomic mass is 32.1. The van der Waals surface area contributed by atoms with Crippen molar-refractivity contribution in [3.63, 3.8) is 0 Å². The summed E-state index contributed by atoms with van der Waals surface area (Å²) < 4.78 is 11.5. The zero-order valence-electron chi connectivity index (χ0n) is 34.8. The summed E-state index contributed by atoms with van der Waals surface area (Å²) in [5, 5.41) is 17.5. The van der Waals surface area contributed by atoms with Crippen LogP contribution in [0.3, 0.4) is 0 Å². The molecule has 1 saturated heterocycles. The average Bonchev–Trinajstić information content (AvgIpc) is 3.67. The van der Waals surface area contributed by atoms with Crippen molar-refractivity contribution in [1.82, 2.24) is 25.4 Å². The molecule has 316 valence electrons. The van der Waals surface area contributed by atoms with Crippen LogP contribution >= 0.6 is 11.3 Å². The Morgan fingerprint density at radius 1 is 1.02 bits per heavy atom. The van der Waals surface area contributed by atoms with Crippen molar-refractivity contribution in [3.8, 4) is 0 Å². The molecule has 0 bridgehead atoms. The molecule has 7 atom stereocenters. The van der Waals surface area contributed by atoms with E-state index in [0.29, 0.717) is 30.7 Å². The van der Waals surface area contributed by atoms with Gasteiger partial charge in [-0.2, -0.15) is 0 Å². The van der Waals surface area contributed by atoms with Crippen LogP contribution < -0.4 is 10.6 Å². The number of aromatic nitrogens is 1. The van der Waals surface area contributed by atoms with Gasteiger partial charge in [-0.15, -0.1) is 11.3 Å². The monoisotopic (exact) mass is 813 g/mol. The average molecular weight is 814 g/mol. The Hall–Kier alpha value is -4.37. The summed E-state index contributed by atoms with van der Waals surface area (Å²) in [4.78, 5) is 87.0. The molecule has 0 aliphatic carbocycles. The number of hydrogen-bond acceptors (Lipinski definition) is 11. The molecule has 1 fully saturated rings. The van der Waals surface area contributed by atoms with Crippen LogP contribution in [0.2, 0.25) is 0 Å². The van der Waals surface area contributed by atoms with Crippen molar-refractivity contribution >= 4 is 47.0 Å². The van der Waals surface area contributed by atoms with Gasteiger partial charge in [0.15, 0.2) is 12.8 Å². The number of hydrogen-bond donors (Lipinski definition) is 3. The molecule has 3 rings (SSSR count). The molecule has 1 aromatic carbocycles. The van der Waals surface area contributed by atoms with E-state index < -0.39 is 59.9 Å². The SMILES string of the molecule is CCCC(=O)OCN(C(=O)[C@H](NC(=O)[C@@H]1CCCCN1C)[C@H](C)CC)[C@@H](C[C@@H](OC(C)=O)c1nc(C(=O)N[C@H](Cc2ccccc2)C[C@@H](C)C(=O)O)cs1)C(C)C. The van der Waals surface area contributed by atoms with Gasteiger partial charge in [0.25, 0.3) is 5.91 Å². The summed E-state index contributed by atoms with van der Waals surface area (Å²) >= 11 is 1.12. The molecule has 0 radical (unpaired) electrons. The molecule has 2 heterocycles. The van der Waals surface area contributed by atoms with Gasteiger partial charge in [-0.05, 0) is 63.1 Å². The van der Waals surface area contributed by atoms with Crippen LogP contribution in [-0.2, 0) is 39.9 Å². The fourth-order valence-corrected chi connectivity index (χ4v) is 7.89. The van der Waals surface area contributed by atoms with Gasteiger partial charge in [-0.3, -0.25) is 33.7 Å². The molecule has 15 heteroatoms. The minimum Gasteiger partial charge on any atom is -0.481 e. The van der Waals surface area contributed by atoms with E-state index >= 15 is 0 Å². The zero-order valence-corrected chi connectivity index (χ0v) is 35.6. The minimum absolute atomic E-state index is 0.0577. The van der Waals surface area contributed by atoms with E-state index in [1.807, 2.05) is 76.9 Å². The maximum Gasteiger partial charge on any atom is 0.307 e. The van der Waals surface area contributed by atoms with E-state index in [-0.39, 0.29) is 55.5 Å². The third kappa shape index (κ3) is 14.5. The van der Waals surface area contributed by atoms with Crippen LogP contribution in [0.25, 0.3) is 0 Å². The van der Waals surface area contributed by atoms with Gasteiger partial charge >= 0.3 is 17.9 Å². The highest BCUT2D eigenvalue weighted by Crippen LogP contribution is 2.32. The molecule has 1 aliphatic heterocycles. The standard InChI is InChI=1S/C42H63N5O9S/c1-9-16-36(49)55-25-47(41(52)37(27(5)10-2)45-39(51)33-19-14-15-20-46(33)8)34(26(3)4)23-35(56-29(7)48)40-44-32(24-57-40)38(50)43-31(21-28(6)42(53)54)22-30-17-12-11-13-18-30/h11-13,17-18,24,26-28,31,33-35,37H,9-10,14-16,19-23,25H2,1-8H3,(H,43,50)(H,45,51)(H,53,54)/t27-,28-,31+,33+,34+,35-,37-/m1/s1. The van der Waals surface area contributed by atoms with Crippen LogP contribution in [0.5, 0.6) is 0 Å². The Kier molecular flexibility index (Phi) is 19.1. The predicted molar refractivity (Wildman–Crippen MR) is 217 cm³/mol. The normalized spacial score (nSPS) is 17.7. The maximum absolute atomic E-state index is 14.7. The number of carboxylic acid groups (broad SMARTS) is 1. The summed E-state index contributed by atoms with van der Waals surface area (Å²) in [6.45, 7) is 12.8. The molecule has 0 spiro atoms. The fraction of sp³-hybridized carbons (Fsp3) is 0.643. The number of piperidine rings is 1. The molecule has 0 saturated carbocycles. The van der Waals surface area contributed by atoms with Crippen LogP contribution in [0.15, 0.2) is 35.7 Å². The van der Waals surface area contributed by atoms with Crippen molar-refractivity contribution in [2.24, 2.45) is 17.8 Å². The number of likely N-dealkylation sites (tertiary alicyclic amines) is 1. The minimum atomic E-state index is -0.984. The van der Waals surface area contributed by atoms with Crippen LogP contribution in [-0.4, -0.2) is 100 Å². The van der Waals surface area contributed by atoms with E-state index in [1.165, 1.54) is 11.8 Å². The third-order valence-electron chi connectivity index (χ3n) is 10.6. The Morgan fingerprint density at radius 2 is 1.72 bits per heavy atom. The predicted octanol–water partition coefficient (Wildman–Crippen LogP) is 5.76. The number of ether oxygens (including phenoxy) is 2. The van der Waals surface area contributed by atoms with Gasteiger partial charge < -0.3 is 30.1 Å². The molecule has 14 nitrogen and oxygen atoms in total. The van der Waals surface area contributed by atoms with Crippen molar-refractivity contribution in [1.29, 1.82) is 0 Å². The number of amides is 3. The molecule has 2 aromatic rings. The number of aliphatic carboxylic acids is 1. The second-order valence-corrected chi connectivity index (χ2v) is 16.5. The quantitative estimate of drug-likeness (QED) is 0.0971. The Balaban J connectivity index is 1.95. The lowest BCUT2D eigenvalue weighted by Gasteiger charge is -2.39. The number of carbonyl (C=O) groups excluding carboxylic acids is 5. The van der Waals surface area contributed by atoms with Crippen LogP contribution in [0, 0.1) is 17.8 Å². The van der Waals surface area contributed by atoms with Gasteiger partial charge in [0.05, 0.1) is 12.0 Å². The van der Waals surface area contributed by atoms with Gasteiger partial charge in [0.1, 0.15) is 16.7 Å². The maximum atomic E-state index is 14.7. The van der Waals surface area contributed by atoms with Gasteiger partial charge in [-0.25, -0.2) is 4.98 Å². The van der Waals surface area contributed by atoms with Crippen molar-refractivity contribution < 1.29 is 43.3 Å². The molecular weight excluding hydrogens is 751 g/mol. The highest BCUT2D eigenvalue weighted by Gasteiger charge is 2.39. The van der Waals surface area contributed by atoms with E-state index in [2.05, 4.69) is 15.6 Å². The van der Waals surface area contributed by atoms with Crippen molar-refractivity contribution in [3.05, 3.63) is 52.0 Å². The number of esters is 2. The second kappa shape index (κ2) is 23.1. The number of benzene rings is 1. The first-order chi connectivity index (χ1) is 27.1. The topological polar surface area (TPSA) is 185 Å². The molecule has 57 heavy (non-hydrogen) atoms. The molecule has 3 N–H and O–H groups in total. The fourth-order valence-electron chi connectivity index (χ4n) is 7.06. The number of carboxylic acids is 1. The van der Waals surface area contributed by atoms with Crippen LogP contribution in [0.4, 0.5) is 0 Å². The summed E-state index contributed by atoms with van der Waals surface area (Å²) in [7, 11) is 1.91. The van der Waals surface area contributed by atoms with Gasteiger partial charge in [0.2, 0.25) is 11.8 Å². The first kappa shape index (κ1) is 47.0. The van der Waals surface area contributed by atoms with E-state index in [0.717, 1.165) is 36.3 Å². The first-order valence-corrected chi connectivity index (χ1v) is 21.1. The van der Waals surface area contributed by atoms with Crippen molar-refractivity contribution in [2.45, 2.75) is 137 Å². The zero-order chi connectivity index (χ0) is 42.2. The number of nitrogens with zero attached hydrogens (tertiary/aromatic N) is 3. The number of rotatable bonds is 22. The molecule has 3 amide bonds. The van der Waals surface area contributed by atoms with E-state index in [9.17, 15) is 33.9 Å². The van der Waals surface area contributed by atoms with E-state index in [1.54, 1.807) is 12.3 Å².